The predicted molar refractivity (Wildman–Crippen MR) is 147 cm³/mol. The summed E-state index contributed by atoms with van der Waals surface area (Å²) in [6.07, 6.45) is 5.69. The molecular weight excluding hydrogens is 543 g/mol. The Hall–Kier alpha value is -3.09. The number of thiazole rings is 1. The number of hydrogen-bond donors (Lipinski definition) is 2. The minimum absolute atomic E-state index is 0.0732. The molecule has 208 valence electrons. The molecule has 39 heavy (non-hydrogen) atoms. The van der Waals surface area contributed by atoms with Crippen LogP contribution >= 0.6 is 11.3 Å². The van der Waals surface area contributed by atoms with E-state index in [0.29, 0.717) is 17.1 Å². The van der Waals surface area contributed by atoms with Crippen LogP contribution in [0, 0.1) is 5.82 Å². The Balaban J connectivity index is 1.35. The zero-order valence-electron chi connectivity index (χ0n) is 21.7. The van der Waals surface area contributed by atoms with Crippen molar-refractivity contribution >= 4 is 38.8 Å². The van der Waals surface area contributed by atoms with Crippen LogP contribution in [0.5, 0.6) is 0 Å². The normalized spacial score (nSPS) is 19.9. The summed E-state index contributed by atoms with van der Waals surface area (Å²) in [6.45, 7) is 3.96. The number of carbonyl (C=O) groups excluding carboxylic acids is 1. The molecule has 1 saturated carbocycles. The zero-order valence-corrected chi connectivity index (χ0v) is 23.4. The third-order valence-corrected chi connectivity index (χ3v) is 10.2. The Morgan fingerprint density at radius 3 is 2.51 bits per heavy atom. The number of pyridine rings is 1. The molecule has 0 bridgehead atoms. The lowest BCUT2D eigenvalue weighted by atomic mass is 9.86. The molecule has 0 atom stereocenters. The molecule has 2 N–H and O–H groups in total. The number of nitrogens with zero attached hydrogens (tertiary/aromatic N) is 2. The highest BCUT2D eigenvalue weighted by Crippen LogP contribution is 2.41. The van der Waals surface area contributed by atoms with Gasteiger partial charge in [0.2, 0.25) is 0 Å². The van der Waals surface area contributed by atoms with Crippen LogP contribution in [-0.2, 0) is 19.3 Å². The lowest BCUT2D eigenvalue weighted by Crippen LogP contribution is -2.40. The van der Waals surface area contributed by atoms with Gasteiger partial charge >= 0.3 is 6.09 Å². The zero-order chi connectivity index (χ0) is 27.6. The summed E-state index contributed by atoms with van der Waals surface area (Å²) >= 11 is 1.50. The highest BCUT2D eigenvalue weighted by molar-refractivity contribution is 7.92. The Morgan fingerprint density at radius 1 is 1.10 bits per heavy atom. The third kappa shape index (κ3) is 6.39. The van der Waals surface area contributed by atoms with Gasteiger partial charge in [-0.05, 0) is 63.8 Å². The highest BCUT2D eigenvalue weighted by Gasteiger charge is 2.36. The van der Waals surface area contributed by atoms with E-state index in [1.165, 1.54) is 23.5 Å². The van der Waals surface area contributed by atoms with Crippen LogP contribution in [0.2, 0.25) is 0 Å². The average molecular weight is 575 g/mol. The molecule has 0 unspecified atom stereocenters. The molecule has 1 saturated heterocycles. The van der Waals surface area contributed by atoms with E-state index >= 15 is 0 Å². The molecule has 3 heterocycles. The molecule has 1 aliphatic carbocycles. The number of benzene rings is 1. The van der Waals surface area contributed by atoms with E-state index in [-0.39, 0.29) is 42.3 Å². The summed E-state index contributed by atoms with van der Waals surface area (Å²) < 4.78 is 50.7. The monoisotopic (exact) mass is 574 g/mol. The minimum Gasteiger partial charge on any atom is -0.447 e. The Bertz CT molecular complexity index is 1420. The van der Waals surface area contributed by atoms with Crippen LogP contribution in [-0.4, -0.2) is 55.1 Å². The molecule has 5 rings (SSSR count). The number of amides is 1. The van der Waals surface area contributed by atoms with Crippen molar-refractivity contribution in [3.63, 3.8) is 0 Å². The SMILES string of the molecule is CC(C)OC(=O)N[C@H]1CC[C@H](c2ncc(-c3ccc(Nc4ccc(F)cn4)cc3S(=O)(=O)C3COC3)s2)CC1. The summed E-state index contributed by atoms with van der Waals surface area (Å²) in [5, 5.41) is 6.35. The first kappa shape index (κ1) is 27.5. The molecule has 2 fully saturated rings. The number of alkyl carbamates (subject to hydrolysis) is 1. The van der Waals surface area contributed by atoms with Crippen molar-refractivity contribution in [3.05, 3.63) is 53.6 Å². The van der Waals surface area contributed by atoms with Crippen molar-refractivity contribution in [2.75, 3.05) is 18.5 Å². The van der Waals surface area contributed by atoms with Crippen molar-refractivity contribution < 1.29 is 27.1 Å². The molecule has 12 heteroatoms. The Labute approximate surface area is 231 Å². The van der Waals surface area contributed by atoms with Crippen LogP contribution < -0.4 is 10.6 Å². The first-order chi connectivity index (χ1) is 18.7. The van der Waals surface area contributed by atoms with Crippen LogP contribution in [0.3, 0.4) is 0 Å². The van der Waals surface area contributed by atoms with Crippen molar-refractivity contribution in [1.29, 1.82) is 0 Å². The number of ether oxygens (including phenoxy) is 2. The smallest absolute Gasteiger partial charge is 0.407 e. The van der Waals surface area contributed by atoms with Gasteiger partial charge in [-0.3, -0.25) is 0 Å². The maximum atomic E-state index is 13.5. The topological polar surface area (TPSA) is 120 Å². The third-order valence-electron chi connectivity index (χ3n) is 6.86. The van der Waals surface area contributed by atoms with Crippen LogP contribution in [0.4, 0.5) is 20.7 Å². The van der Waals surface area contributed by atoms with E-state index in [4.69, 9.17) is 9.47 Å². The summed E-state index contributed by atoms with van der Waals surface area (Å²) in [7, 11) is -3.66. The number of nitrogens with one attached hydrogen (secondary N) is 2. The van der Waals surface area contributed by atoms with Gasteiger partial charge in [-0.25, -0.2) is 27.6 Å². The molecule has 3 aromatic rings. The number of hydrogen-bond acceptors (Lipinski definition) is 9. The Morgan fingerprint density at radius 2 is 1.87 bits per heavy atom. The fraction of sp³-hybridized carbons (Fsp3) is 0.444. The fourth-order valence-corrected chi connectivity index (χ4v) is 7.59. The molecule has 0 spiro atoms. The quantitative estimate of drug-likeness (QED) is 0.366. The van der Waals surface area contributed by atoms with Crippen molar-refractivity contribution in [1.82, 2.24) is 15.3 Å². The van der Waals surface area contributed by atoms with Gasteiger partial charge < -0.3 is 20.1 Å². The number of rotatable bonds is 8. The van der Waals surface area contributed by atoms with Crippen molar-refractivity contribution in [2.24, 2.45) is 0 Å². The summed E-state index contributed by atoms with van der Waals surface area (Å²) in [5.74, 6) is 0.194. The van der Waals surface area contributed by atoms with Crippen LogP contribution in [0.25, 0.3) is 10.4 Å². The molecule has 1 aromatic carbocycles. The summed E-state index contributed by atoms with van der Waals surface area (Å²) in [4.78, 5) is 21.6. The van der Waals surface area contributed by atoms with Gasteiger partial charge in [0.05, 0.1) is 40.3 Å². The molecule has 2 aromatic heterocycles. The summed E-state index contributed by atoms with van der Waals surface area (Å²) in [6, 6.07) is 8.00. The van der Waals surface area contributed by atoms with Gasteiger partial charge in [-0.2, -0.15) is 0 Å². The van der Waals surface area contributed by atoms with Crippen LogP contribution in [0.15, 0.2) is 47.6 Å². The largest absolute Gasteiger partial charge is 0.447 e. The highest BCUT2D eigenvalue weighted by atomic mass is 32.2. The molecule has 9 nitrogen and oxygen atoms in total. The van der Waals surface area contributed by atoms with E-state index < -0.39 is 20.9 Å². The average Bonchev–Trinajstić information content (AvgIpc) is 3.34. The first-order valence-electron chi connectivity index (χ1n) is 13.0. The maximum absolute atomic E-state index is 13.5. The van der Waals surface area contributed by atoms with E-state index in [2.05, 4.69) is 20.6 Å². The molecule has 0 radical (unpaired) electrons. The minimum atomic E-state index is -3.66. The number of sulfone groups is 1. The predicted octanol–water partition coefficient (Wildman–Crippen LogP) is 5.42. The number of aromatic nitrogens is 2. The second kappa shape index (κ2) is 11.6. The number of carbonyl (C=O) groups is 1. The second-order valence-electron chi connectivity index (χ2n) is 10.1. The van der Waals surface area contributed by atoms with E-state index in [1.807, 2.05) is 13.8 Å². The molecule has 2 aliphatic rings. The van der Waals surface area contributed by atoms with Crippen molar-refractivity contribution in [3.8, 4) is 10.4 Å². The van der Waals surface area contributed by atoms with Gasteiger partial charge in [0, 0.05) is 29.4 Å². The molecule has 1 amide bonds. The lowest BCUT2D eigenvalue weighted by molar-refractivity contribution is 0.0416. The standard InChI is InChI=1S/C27H31FN4O5S2/c1-16(2)37-27(33)32-19-6-3-17(4-7-19)26-30-13-23(38-26)22-9-8-20(31-25-10-5-18(28)12-29-25)11-24(22)39(34,35)21-14-36-15-21/h5,8-13,16-17,19,21H,3-4,6-7,14-15H2,1-2H3,(H,29,31)(H,32,33)/t17-,19-. The van der Waals surface area contributed by atoms with Gasteiger partial charge in [0.25, 0.3) is 0 Å². The van der Waals surface area contributed by atoms with Gasteiger partial charge in [-0.15, -0.1) is 11.3 Å². The van der Waals surface area contributed by atoms with Crippen LogP contribution in [0.1, 0.15) is 50.5 Å². The number of halogens is 1. The molecular formula is C27H31FN4O5S2. The second-order valence-corrected chi connectivity index (χ2v) is 13.4. The van der Waals surface area contributed by atoms with E-state index in [0.717, 1.165) is 41.8 Å². The van der Waals surface area contributed by atoms with Gasteiger partial charge in [-0.1, -0.05) is 6.07 Å². The molecule has 1 aliphatic heterocycles. The number of anilines is 2. The maximum Gasteiger partial charge on any atom is 0.407 e. The summed E-state index contributed by atoms with van der Waals surface area (Å²) in [5.41, 5.74) is 1.12. The van der Waals surface area contributed by atoms with Crippen molar-refractivity contribution in [2.45, 2.75) is 67.7 Å². The lowest BCUT2D eigenvalue weighted by Gasteiger charge is -2.28. The van der Waals surface area contributed by atoms with Gasteiger partial charge in [0.15, 0.2) is 9.84 Å². The fourth-order valence-electron chi connectivity index (χ4n) is 4.71. The van der Waals surface area contributed by atoms with Gasteiger partial charge in [0.1, 0.15) is 16.9 Å². The first-order valence-corrected chi connectivity index (χ1v) is 15.3. The van der Waals surface area contributed by atoms with E-state index in [9.17, 15) is 17.6 Å². The Kier molecular flexibility index (Phi) is 8.15. The van der Waals surface area contributed by atoms with E-state index in [1.54, 1.807) is 24.4 Å².